The summed E-state index contributed by atoms with van der Waals surface area (Å²) >= 11 is 0. The maximum Gasteiger partial charge on any atom is 0.197 e. The molecule has 1 aromatic heterocycles. The van der Waals surface area contributed by atoms with E-state index in [-0.39, 0.29) is 22.5 Å². The first-order valence-corrected chi connectivity index (χ1v) is 12.3. The third kappa shape index (κ3) is 4.89. The average molecular weight is 564 g/mol. The number of hydrogen-bond acceptors (Lipinski definition) is 14. The highest BCUT2D eigenvalue weighted by molar-refractivity contribution is 5.88. The van der Waals surface area contributed by atoms with Gasteiger partial charge >= 0.3 is 0 Å². The molecule has 0 radical (unpaired) electrons. The average Bonchev–Trinajstić information content (AvgIpc) is 2.92. The van der Waals surface area contributed by atoms with Gasteiger partial charge in [-0.3, -0.25) is 4.79 Å². The highest BCUT2D eigenvalue weighted by Crippen LogP contribution is 2.46. The van der Waals surface area contributed by atoms with Crippen LogP contribution in [-0.2, 0) is 14.2 Å². The van der Waals surface area contributed by atoms with Crippen LogP contribution in [0, 0.1) is 0 Å². The molecule has 40 heavy (non-hydrogen) atoms. The van der Waals surface area contributed by atoms with Gasteiger partial charge in [0.15, 0.2) is 11.7 Å². The number of aliphatic hydroxyl groups is 6. The summed E-state index contributed by atoms with van der Waals surface area (Å²) in [6, 6.07) is 7.84. The Labute approximate surface area is 225 Å². The molecule has 2 aliphatic heterocycles. The van der Waals surface area contributed by atoms with Crippen LogP contribution in [0.2, 0.25) is 0 Å². The van der Waals surface area contributed by atoms with E-state index in [1.807, 2.05) is 0 Å². The van der Waals surface area contributed by atoms with Gasteiger partial charge in [-0.15, -0.1) is 0 Å². The minimum atomic E-state index is -1.85. The molecule has 0 saturated carbocycles. The molecule has 2 aliphatic rings. The molecule has 0 bridgehead atoms. The first-order valence-electron chi connectivity index (χ1n) is 12.3. The molecular formula is C26H28O14. The molecule has 0 spiro atoms. The number of hydrogen-bond donors (Lipinski definition) is 9. The molecule has 216 valence electrons. The van der Waals surface area contributed by atoms with Crippen LogP contribution in [0.15, 0.2) is 45.6 Å². The van der Waals surface area contributed by atoms with E-state index in [0.29, 0.717) is 5.56 Å². The second-order valence-electron chi connectivity index (χ2n) is 9.66. The van der Waals surface area contributed by atoms with Gasteiger partial charge in [0.25, 0.3) is 0 Å². The molecule has 5 rings (SSSR count). The Morgan fingerprint density at radius 2 is 1.60 bits per heavy atom. The molecule has 2 fully saturated rings. The van der Waals surface area contributed by atoms with Gasteiger partial charge < -0.3 is 64.6 Å². The van der Waals surface area contributed by atoms with Crippen molar-refractivity contribution >= 4 is 11.0 Å². The van der Waals surface area contributed by atoms with Crippen molar-refractivity contribution in [2.24, 2.45) is 0 Å². The number of aliphatic hydroxyl groups excluding tert-OH is 6. The van der Waals surface area contributed by atoms with E-state index in [1.165, 1.54) is 24.3 Å². The van der Waals surface area contributed by atoms with Crippen LogP contribution in [0.25, 0.3) is 22.3 Å². The Bertz CT molecular complexity index is 1420. The third-order valence-electron chi connectivity index (χ3n) is 7.06. The minimum absolute atomic E-state index is 0.0126. The maximum atomic E-state index is 13.1. The summed E-state index contributed by atoms with van der Waals surface area (Å²) < 4.78 is 22.3. The predicted octanol–water partition coefficient (Wildman–Crippen LogP) is -1.45. The molecule has 3 heterocycles. The van der Waals surface area contributed by atoms with Gasteiger partial charge in [-0.05, 0) is 24.3 Å². The molecule has 9 N–H and O–H groups in total. The van der Waals surface area contributed by atoms with Crippen LogP contribution >= 0.6 is 0 Å². The largest absolute Gasteiger partial charge is 0.508 e. The molecular weight excluding hydrogens is 536 g/mol. The summed E-state index contributed by atoms with van der Waals surface area (Å²) in [5, 5.41) is 92.3. The van der Waals surface area contributed by atoms with E-state index in [0.717, 1.165) is 12.1 Å². The number of rotatable bonds is 5. The quantitative estimate of drug-likeness (QED) is 0.172. The van der Waals surface area contributed by atoms with E-state index < -0.39 is 90.8 Å². The van der Waals surface area contributed by atoms with Crippen molar-refractivity contribution in [3.63, 3.8) is 0 Å². The summed E-state index contributed by atoms with van der Waals surface area (Å²) in [5.41, 5.74) is -0.980. The van der Waals surface area contributed by atoms with Gasteiger partial charge in [-0.1, -0.05) is 0 Å². The lowest BCUT2D eigenvalue weighted by atomic mass is 9.89. The number of ether oxygens (including phenoxy) is 3. The predicted molar refractivity (Wildman–Crippen MR) is 132 cm³/mol. The molecule has 0 aliphatic carbocycles. The number of fused-ring (bicyclic) bond motifs is 1. The van der Waals surface area contributed by atoms with Gasteiger partial charge in [0.05, 0.1) is 18.8 Å². The van der Waals surface area contributed by atoms with Crippen LogP contribution in [0.1, 0.15) is 11.7 Å². The molecule has 2 aromatic carbocycles. The number of aromatic hydroxyl groups is 3. The number of phenols is 3. The second-order valence-corrected chi connectivity index (χ2v) is 9.66. The van der Waals surface area contributed by atoms with Crippen molar-refractivity contribution in [3.05, 3.63) is 52.2 Å². The zero-order valence-electron chi connectivity index (χ0n) is 20.6. The zero-order valence-corrected chi connectivity index (χ0v) is 20.6. The van der Waals surface area contributed by atoms with Crippen molar-refractivity contribution in [2.75, 3.05) is 13.2 Å². The monoisotopic (exact) mass is 564 g/mol. The fourth-order valence-corrected chi connectivity index (χ4v) is 4.88. The van der Waals surface area contributed by atoms with E-state index in [4.69, 9.17) is 18.6 Å². The topological polar surface area (TPSA) is 240 Å². The van der Waals surface area contributed by atoms with Gasteiger partial charge in [-0.2, -0.15) is 0 Å². The maximum absolute atomic E-state index is 13.1. The van der Waals surface area contributed by atoms with Crippen molar-refractivity contribution in [1.29, 1.82) is 0 Å². The summed E-state index contributed by atoms with van der Waals surface area (Å²) in [5.74, 6) is -1.42. The molecule has 14 nitrogen and oxygen atoms in total. The summed E-state index contributed by atoms with van der Waals surface area (Å²) in [6.07, 6.45) is -14.9. The highest BCUT2D eigenvalue weighted by atomic mass is 16.7. The Hall–Kier alpha value is -3.31. The lowest BCUT2D eigenvalue weighted by Gasteiger charge is -2.45. The van der Waals surface area contributed by atoms with E-state index >= 15 is 0 Å². The Morgan fingerprint density at radius 1 is 0.900 bits per heavy atom. The minimum Gasteiger partial charge on any atom is -0.508 e. The fourth-order valence-electron chi connectivity index (χ4n) is 4.88. The van der Waals surface area contributed by atoms with Gasteiger partial charge in [0.1, 0.15) is 82.8 Å². The van der Waals surface area contributed by atoms with Crippen LogP contribution in [0.3, 0.4) is 0 Å². The SMILES string of the molecule is O=c1cc(-c2ccc(O)cc2)oc2cc(O)c([C@@H]3O[C@H](CO)[C@@H](O)[C@H](O)[C@H]3O[C@@H]3OC[C@H](O)[C@H](O)[C@H]3O)c(O)c12. The highest BCUT2D eigenvalue weighted by Gasteiger charge is 2.50. The van der Waals surface area contributed by atoms with Crippen LogP contribution < -0.4 is 5.43 Å². The zero-order chi connectivity index (χ0) is 28.9. The molecule has 9 atom stereocenters. The normalized spacial score (nSPS) is 32.8. The Kier molecular flexibility index (Phi) is 7.71. The first-order chi connectivity index (χ1) is 19.0. The first kappa shape index (κ1) is 28.2. The smallest absolute Gasteiger partial charge is 0.197 e. The van der Waals surface area contributed by atoms with Gasteiger partial charge in [0.2, 0.25) is 0 Å². The fraction of sp³-hybridized carbons (Fsp3) is 0.423. The van der Waals surface area contributed by atoms with Gasteiger partial charge in [-0.25, -0.2) is 0 Å². The number of phenolic OH excluding ortho intramolecular Hbond substituents is 3. The van der Waals surface area contributed by atoms with Crippen LogP contribution in [-0.4, -0.2) is 108 Å². The van der Waals surface area contributed by atoms with E-state index in [9.17, 15) is 50.8 Å². The number of benzene rings is 2. The molecule has 3 aromatic rings. The lowest BCUT2D eigenvalue weighted by molar-refractivity contribution is -0.325. The van der Waals surface area contributed by atoms with Crippen molar-refractivity contribution < 1.29 is 64.6 Å². The van der Waals surface area contributed by atoms with E-state index in [2.05, 4.69) is 0 Å². The molecule has 14 heteroatoms. The standard InChI is InChI=1S/C26H28O14/c27-7-16-20(33)22(35)25(40-26-23(36)19(32)13(31)8-37-26)24(39-16)18-12(30)6-15-17(21(18)34)11(29)5-14(38-15)9-1-3-10(28)4-2-9/h1-6,13,16,19-20,22-28,30-36H,7-8H2/t13-,16+,19-,20+,22-,23+,24-,25+,26-/m0/s1. The van der Waals surface area contributed by atoms with E-state index in [1.54, 1.807) is 0 Å². The lowest BCUT2D eigenvalue weighted by Crippen LogP contribution is -2.60. The van der Waals surface area contributed by atoms with Crippen LogP contribution in [0.4, 0.5) is 0 Å². The van der Waals surface area contributed by atoms with Crippen molar-refractivity contribution in [2.45, 2.75) is 55.1 Å². The Balaban J connectivity index is 1.58. The third-order valence-corrected chi connectivity index (χ3v) is 7.06. The summed E-state index contributed by atoms with van der Waals surface area (Å²) in [7, 11) is 0. The molecule has 0 amide bonds. The van der Waals surface area contributed by atoms with Gasteiger partial charge in [0, 0.05) is 17.7 Å². The second kappa shape index (κ2) is 10.9. The van der Waals surface area contributed by atoms with Crippen LogP contribution in [0.5, 0.6) is 17.2 Å². The molecule has 2 saturated heterocycles. The van der Waals surface area contributed by atoms with Crippen molar-refractivity contribution in [1.82, 2.24) is 0 Å². The summed E-state index contributed by atoms with van der Waals surface area (Å²) in [4.78, 5) is 13.1. The Morgan fingerprint density at radius 3 is 2.27 bits per heavy atom. The van der Waals surface area contributed by atoms with Crippen molar-refractivity contribution in [3.8, 4) is 28.6 Å². The summed E-state index contributed by atoms with van der Waals surface area (Å²) in [6.45, 7) is -1.24. The molecule has 0 unspecified atom stereocenters.